The largest absolute Gasteiger partial charge is 0.493 e. The molecule has 2 aromatic rings. The fourth-order valence-corrected chi connectivity index (χ4v) is 5.91. The molecule has 2 atom stereocenters. The van der Waals surface area contributed by atoms with Crippen LogP contribution in [0.3, 0.4) is 0 Å². The number of nitrogens with zero attached hydrogens (tertiary/aromatic N) is 2. The third-order valence-corrected chi connectivity index (χ3v) is 8.37. The van der Waals surface area contributed by atoms with Gasteiger partial charge in [0.15, 0.2) is 34.6 Å². The molecule has 0 aliphatic carbocycles. The zero-order valence-corrected chi connectivity index (χ0v) is 30.7. The molecule has 2 aliphatic rings. The topological polar surface area (TPSA) is 130 Å². The van der Waals surface area contributed by atoms with E-state index in [1.165, 1.54) is 24.3 Å². The summed E-state index contributed by atoms with van der Waals surface area (Å²) < 4.78 is 31.8. The van der Waals surface area contributed by atoms with Crippen molar-refractivity contribution in [2.75, 3.05) is 54.7 Å². The molecule has 0 unspecified atom stereocenters. The number of methoxy groups -OCH3 is 4. The number of benzene rings is 2. The summed E-state index contributed by atoms with van der Waals surface area (Å²) in [4.78, 5) is 51.9. The first-order valence-electron chi connectivity index (χ1n) is 16.0. The molecule has 276 valence electrons. The third-order valence-electron chi connectivity index (χ3n) is 8.37. The Morgan fingerprint density at radius 3 is 1.25 bits per heavy atom. The summed E-state index contributed by atoms with van der Waals surface area (Å²) in [7, 11) is 6.25. The summed E-state index contributed by atoms with van der Waals surface area (Å²) >= 11 is 0. The Kier molecular flexibility index (Phi) is 16.9. The van der Waals surface area contributed by atoms with Gasteiger partial charge in [0.05, 0.1) is 40.5 Å². The number of amides is 2. The molecular formula is C38H48N2O10S. The van der Waals surface area contributed by atoms with Crippen LogP contribution in [0.15, 0.2) is 74.9 Å². The Labute approximate surface area is 306 Å². The second-order valence-corrected chi connectivity index (χ2v) is 11.2. The van der Waals surface area contributed by atoms with Crippen molar-refractivity contribution < 1.29 is 47.6 Å². The average Bonchev–Trinajstić information content (AvgIpc) is 3.14. The molecule has 2 aromatic carbocycles. The first-order chi connectivity index (χ1) is 24.1. The van der Waals surface area contributed by atoms with Crippen LogP contribution in [0.4, 0.5) is 9.59 Å². The number of fused-ring (bicyclic) bond motifs is 2. The van der Waals surface area contributed by atoms with Gasteiger partial charge >= 0.3 is 12.2 Å². The molecular weight excluding hydrogens is 676 g/mol. The molecule has 2 aliphatic heterocycles. The lowest BCUT2D eigenvalue weighted by Crippen LogP contribution is -2.41. The van der Waals surface area contributed by atoms with Gasteiger partial charge in [-0.15, -0.1) is 0 Å². The lowest BCUT2D eigenvalue weighted by atomic mass is 9.89. The highest BCUT2D eigenvalue weighted by Gasteiger charge is 2.35. The van der Waals surface area contributed by atoms with E-state index in [4.69, 9.17) is 28.4 Å². The molecule has 0 bridgehead atoms. The maximum absolute atomic E-state index is 12.4. The summed E-state index contributed by atoms with van der Waals surface area (Å²) in [6.07, 6.45) is 6.15. The van der Waals surface area contributed by atoms with E-state index in [2.05, 4.69) is 26.3 Å². The van der Waals surface area contributed by atoms with Gasteiger partial charge in [-0.25, -0.2) is 9.59 Å². The molecule has 0 N–H and O–H groups in total. The zero-order valence-electron chi connectivity index (χ0n) is 29.7. The molecule has 13 heteroatoms. The Bertz CT molecular complexity index is 1490. The highest BCUT2D eigenvalue weighted by atomic mass is 32.1. The molecule has 0 saturated heterocycles. The molecule has 0 spiro atoms. The number of hydrogen-bond acceptors (Lipinski definition) is 10. The van der Waals surface area contributed by atoms with Crippen LogP contribution in [-0.2, 0) is 31.9 Å². The fraction of sp³-hybridized carbons (Fsp3) is 0.368. The van der Waals surface area contributed by atoms with Crippen LogP contribution in [0.25, 0.3) is 0 Å². The van der Waals surface area contributed by atoms with Gasteiger partial charge in [0, 0.05) is 25.9 Å². The van der Waals surface area contributed by atoms with Gasteiger partial charge in [-0.3, -0.25) is 9.59 Å². The Hall–Kier alpha value is -5.17. The monoisotopic (exact) mass is 724 g/mol. The van der Waals surface area contributed by atoms with E-state index in [1.807, 2.05) is 24.3 Å². The van der Waals surface area contributed by atoms with Crippen molar-refractivity contribution in [3.63, 3.8) is 0 Å². The van der Waals surface area contributed by atoms with Crippen molar-refractivity contribution in [2.24, 2.45) is 0 Å². The van der Waals surface area contributed by atoms with Crippen LogP contribution in [0.5, 0.6) is 23.0 Å². The molecule has 0 saturated carbocycles. The first kappa shape index (κ1) is 42.0. The minimum atomic E-state index is -0.470. The number of allylic oxidation sites excluding steroid dienone is 2. The lowest BCUT2D eigenvalue weighted by Gasteiger charge is -2.36. The Balaban J connectivity index is 0.000000347. The summed E-state index contributed by atoms with van der Waals surface area (Å²) in [5.74, 6) is 2.07. The standard InChI is InChI=1S/2C19H23NO5.H2S/c2*1-5-9-25-19(22)20-8-7-13-10-17(23-3)18(24-4)12-15(13)16(20)11-14(21)6-2;/h2*5-6,10,12,16H,1-2,7-9,11H2,3-4H3;1H2/t2*16-;/m10./s1. The van der Waals surface area contributed by atoms with Gasteiger partial charge in [-0.05, 0) is 71.5 Å². The smallest absolute Gasteiger partial charge is 0.410 e. The molecule has 51 heavy (non-hydrogen) atoms. The number of ether oxygens (including phenoxy) is 6. The predicted molar refractivity (Wildman–Crippen MR) is 199 cm³/mol. The van der Waals surface area contributed by atoms with Gasteiger partial charge < -0.3 is 38.2 Å². The molecule has 4 rings (SSSR count). The van der Waals surface area contributed by atoms with E-state index in [0.29, 0.717) is 48.9 Å². The second-order valence-electron chi connectivity index (χ2n) is 11.2. The SMILES string of the molecule is C=CCOC(=O)N1CCc2cc(OC)c(OC)cc2[C@@H]1CC(=O)C=C.C=CCOC(=O)N1CCc2cc(OC)c(OC)cc2[C@H]1CC(=O)C=C.S. The number of ketones is 2. The number of hydrogen-bond donors (Lipinski definition) is 0. The van der Waals surface area contributed by atoms with Crippen LogP contribution in [-0.4, -0.2) is 88.3 Å². The van der Waals surface area contributed by atoms with Crippen LogP contribution in [0.1, 0.15) is 47.2 Å². The summed E-state index contributed by atoms with van der Waals surface area (Å²) in [6.45, 7) is 15.3. The minimum absolute atomic E-state index is 0. The van der Waals surface area contributed by atoms with E-state index in [9.17, 15) is 19.2 Å². The Morgan fingerprint density at radius 1 is 0.627 bits per heavy atom. The summed E-state index contributed by atoms with van der Waals surface area (Å²) in [5, 5.41) is 0. The predicted octanol–water partition coefficient (Wildman–Crippen LogP) is 6.25. The van der Waals surface area contributed by atoms with E-state index >= 15 is 0 Å². The maximum atomic E-state index is 12.4. The molecule has 0 fully saturated rings. The maximum Gasteiger partial charge on any atom is 0.410 e. The average molecular weight is 725 g/mol. The number of carbonyl (C=O) groups excluding carboxylic acids is 4. The van der Waals surface area contributed by atoms with Crippen molar-refractivity contribution in [3.8, 4) is 23.0 Å². The zero-order chi connectivity index (χ0) is 36.8. The van der Waals surface area contributed by atoms with Crippen molar-refractivity contribution in [2.45, 2.75) is 37.8 Å². The van der Waals surface area contributed by atoms with Crippen molar-refractivity contribution in [1.82, 2.24) is 9.80 Å². The van der Waals surface area contributed by atoms with Gasteiger partial charge in [0.2, 0.25) is 0 Å². The van der Waals surface area contributed by atoms with E-state index in [1.54, 1.807) is 38.2 Å². The normalized spacial score (nSPS) is 15.5. The van der Waals surface area contributed by atoms with Gasteiger partial charge in [0.1, 0.15) is 13.2 Å². The quantitative estimate of drug-likeness (QED) is 0.163. The first-order valence-corrected chi connectivity index (χ1v) is 16.0. The van der Waals surface area contributed by atoms with Crippen LogP contribution < -0.4 is 18.9 Å². The highest BCUT2D eigenvalue weighted by molar-refractivity contribution is 7.59. The van der Waals surface area contributed by atoms with Crippen molar-refractivity contribution >= 4 is 37.2 Å². The van der Waals surface area contributed by atoms with Gasteiger partial charge in [-0.2, -0.15) is 13.5 Å². The van der Waals surface area contributed by atoms with E-state index in [-0.39, 0.29) is 51.1 Å². The van der Waals surface area contributed by atoms with Crippen molar-refractivity contribution in [1.29, 1.82) is 0 Å². The van der Waals surface area contributed by atoms with Crippen molar-refractivity contribution in [3.05, 3.63) is 97.1 Å². The molecule has 2 amide bonds. The second kappa shape index (κ2) is 20.5. The van der Waals surface area contributed by atoms with Crippen LogP contribution in [0, 0.1) is 0 Å². The van der Waals surface area contributed by atoms with E-state index < -0.39 is 24.3 Å². The third kappa shape index (κ3) is 10.4. The van der Waals surface area contributed by atoms with Crippen LogP contribution >= 0.6 is 13.5 Å². The fourth-order valence-electron chi connectivity index (χ4n) is 5.91. The molecule has 0 radical (unpaired) electrons. The summed E-state index contributed by atoms with van der Waals surface area (Å²) in [5.41, 5.74) is 3.75. The molecule has 0 aromatic heterocycles. The summed E-state index contributed by atoms with van der Waals surface area (Å²) in [6, 6.07) is 6.56. The number of carbonyl (C=O) groups is 4. The van der Waals surface area contributed by atoms with Gasteiger partial charge in [0.25, 0.3) is 0 Å². The molecule has 2 heterocycles. The van der Waals surface area contributed by atoms with Crippen LogP contribution in [0.2, 0.25) is 0 Å². The van der Waals surface area contributed by atoms with Gasteiger partial charge in [-0.1, -0.05) is 38.5 Å². The Morgan fingerprint density at radius 2 is 0.961 bits per heavy atom. The lowest BCUT2D eigenvalue weighted by molar-refractivity contribution is -0.116. The van der Waals surface area contributed by atoms with E-state index in [0.717, 1.165) is 22.3 Å². The minimum Gasteiger partial charge on any atom is -0.493 e. The highest BCUT2D eigenvalue weighted by Crippen LogP contribution is 2.41. The number of rotatable bonds is 14. The molecule has 12 nitrogen and oxygen atoms in total.